The van der Waals surface area contributed by atoms with E-state index >= 15 is 0 Å². The lowest BCUT2D eigenvalue weighted by molar-refractivity contribution is -0.132. The zero-order valence-corrected chi connectivity index (χ0v) is 18.1. The summed E-state index contributed by atoms with van der Waals surface area (Å²) in [6, 6.07) is 7.14. The summed E-state index contributed by atoms with van der Waals surface area (Å²) < 4.78 is 10.3. The molecule has 8 heteroatoms. The Morgan fingerprint density at radius 3 is 2.83 bits per heavy atom. The molecule has 154 valence electrons. The molecule has 0 aliphatic carbocycles. The number of rotatable bonds is 3. The summed E-state index contributed by atoms with van der Waals surface area (Å²) in [5.41, 5.74) is 1.43. The van der Waals surface area contributed by atoms with E-state index in [0.717, 1.165) is 23.4 Å². The molecule has 3 aromatic rings. The first kappa shape index (κ1) is 19.0. The van der Waals surface area contributed by atoms with Crippen molar-refractivity contribution in [3.63, 3.8) is 0 Å². The van der Waals surface area contributed by atoms with Crippen LogP contribution in [0.5, 0.6) is 5.75 Å². The predicted molar refractivity (Wildman–Crippen MR) is 113 cm³/mol. The number of Topliss-reactive ketones (excluding diaryl/α,β-unsaturated/α-hetero) is 1. The fourth-order valence-electron chi connectivity index (χ4n) is 4.53. The normalized spacial score (nSPS) is 24.6. The van der Waals surface area contributed by atoms with Gasteiger partial charge in [-0.3, -0.25) is 18.8 Å². The number of fused-ring (bicyclic) bond motifs is 6. The van der Waals surface area contributed by atoms with Crippen molar-refractivity contribution in [2.24, 2.45) is 10.9 Å². The quantitative estimate of drug-likeness (QED) is 0.645. The van der Waals surface area contributed by atoms with Crippen LogP contribution in [0.4, 0.5) is 0 Å². The van der Waals surface area contributed by atoms with Crippen LogP contribution in [0.25, 0.3) is 6.08 Å². The molecule has 0 spiro atoms. The van der Waals surface area contributed by atoms with Gasteiger partial charge in [-0.05, 0) is 39.8 Å². The summed E-state index contributed by atoms with van der Waals surface area (Å²) >= 11 is 1.33. The van der Waals surface area contributed by atoms with E-state index in [4.69, 9.17) is 9.73 Å². The molecule has 2 aliphatic rings. The Hall–Kier alpha value is -3.00. The van der Waals surface area contributed by atoms with E-state index in [1.54, 1.807) is 11.5 Å². The first-order chi connectivity index (χ1) is 14.3. The lowest BCUT2D eigenvalue weighted by Gasteiger charge is -2.45. The van der Waals surface area contributed by atoms with Gasteiger partial charge < -0.3 is 4.74 Å². The topological polar surface area (TPSA) is 78.5 Å². The summed E-state index contributed by atoms with van der Waals surface area (Å²) in [4.78, 5) is 31.5. The van der Waals surface area contributed by atoms with Crippen molar-refractivity contribution in [1.82, 2.24) is 14.3 Å². The highest BCUT2D eigenvalue weighted by atomic mass is 32.1. The third-order valence-electron chi connectivity index (χ3n) is 5.91. The van der Waals surface area contributed by atoms with E-state index < -0.39 is 17.7 Å². The van der Waals surface area contributed by atoms with E-state index in [9.17, 15) is 9.59 Å². The van der Waals surface area contributed by atoms with E-state index in [2.05, 4.69) is 5.10 Å². The van der Waals surface area contributed by atoms with E-state index in [1.165, 1.54) is 11.3 Å². The SMILES string of the molecule is CCn1cc(/C=c2/sc3n(c2=O)[C@H]2c4ccccc4O[C@](C)(N=3)[C@H]2C(C)=O)c(C)n1. The monoisotopic (exact) mass is 422 g/mol. The number of ether oxygens (including phenoxy) is 1. The van der Waals surface area contributed by atoms with Gasteiger partial charge in [0.05, 0.1) is 16.3 Å². The average molecular weight is 423 g/mol. The van der Waals surface area contributed by atoms with E-state index in [1.807, 2.05) is 62.0 Å². The highest BCUT2D eigenvalue weighted by Crippen LogP contribution is 2.47. The molecule has 30 heavy (non-hydrogen) atoms. The summed E-state index contributed by atoms with van der Waals surface area (Å²) in [7, 11) is 0. The molecular weight excluding hydrogens is 400 g/mol. The Morgan fingerprint density at radius 2 is 2.13 bits per heavy atom. The number of hydrogen-bond donors (Lipinski definition) is 0. The number of nitrogens with zero attached hydrogens (tertiary/aromatic N) is 4. The molecule has 0 N–H and O–H groups in total. The predicted octanol–water partition coefficient (Wildman–Crippen LogP) is 1.80. The van der Waals surface area contributed by atoms with Gasteiger partial charge in [0.2, 0.25) is 5.72 Å². The van der Waals surface area contributed by atoms with E-state index in [0.29, 0.717) is 15.1 Å². The van der Waals surface area contributed by atoms with Gasteiger partial charge in [0.25, 0.3) is 5.56 Å². The maximum atomic E-state index is 13.5. The summed E-state index contributed by atoms with van der Waals surface area (Å²) in [5, 5.41) is 4.46. The standard InChI is InChI=1S/C22H22N4O3S/c1-5-25-11-14(12(2)24-25)10-17-20(28)26-19-15-8-6-7-9-16(15)29-22(4,18(19)13(3)27)23-21(26)30-17/h6-11,18-19H,5H2,1-4H3/b17-10+/t18-,19-,22-/m0/s1. The third kappa shape index (κ3) is 2.63. The minimum atomic E-state index is -1.04. The van der Waals surface area contributed by atoms with Crippen LogP contribution in [0.1, 0.15) is 43.6 Å². The minimum Gasteiger partial charge on any atom is -0.465 e. The first-order valence-corrected chi connectivity index (χ1v) is 10.8. The fourth-order valence-corrected chi connectivity index (χ4v) is 5.62. The molecule has 5 rings (SSSR count). The largest absolute Gasteiger partial charge is 0.465 e. The maximum Gasteiger partial charge on any atom is 0.270 e. The zero-order chi connectivity index (χ0) is 21.2. The lowest BCUT2D eigenvalue weighted by Crippen LogP contribution is -2.58. The number of thiazole rings is 1. The lowest BCUT2D eigenvalue weighted by atomic mass is 9.79. The van der Waals surface area contributed by atoms with Crippen molar-refractivity contribution >= 4 is 23.2 Å². The summed E-state index contributed by atoms with van der Waals surface area (Å²) in [5.74, 6) is 0.0559. The molecule has 7 nitrogen and oxygen atoms in total. The van der Waals surface area contributed by atoms with Crippen molar-refractivity contribution in [1.29, 1.82) is 0 Å². The van der Waals surface area contributed by atoms with Crippen molar-refractivity contribution in [2.75, 3.05) is 0 Å². The minimum absolute atomic E-state index is 0.0462. The van der Waals surface area contributed by atoms with Crippen molar-refractivity contribution in [3.8, 4) is 5.75 Å². The van der Waals surface area contributed by atoms with Crippen LogP contribution in [0.2, 0.25) is 0 Å². The van der Waals surface area contributed by atoms with Crippen molar-refractivity contribution in [3.05, 3.63) is 67.0 Å². The Balaban J connectivity index is 1.79. The number of carbonyl (C=O) groups is 1. The first-order valence-electron chi connectivity index (χ1n) is 9.98. The second kappa shape index (κ2) is 6.50. The second-order valence-electron chi connectivity index (χ2n) is 7.93. The summed E-state index contributed by atoms with van der Waals surface area (Å²) in [6.45, 7) is 8.08. The molecule has 3 atom stereocenters. The highest BCUT2D eigenvalue weighted by molar-refractivity contribution is 7.07. The second-order valence-corrected chi connectivity index (χ2v) is 8.94. The van der Waals surface area contributed by atoms with Crippen LogP contribution in [-0.2, 0) is 11.3 Å². The Morgan fingerprint density at radius 1 is 1.37 bits per heavy atom. The zero-order valence-electron chi connectivity index (χ0n) is 17.2. The molecule has 4 heterocycles. The fraction of sp³-hybridized carbons (Fsp3) is 0.364. The van der Waals surface area contributed by atoms with Gasteiger partial charge in [-0.25, -0.2) is 4.99 Å². The van der Waals surface area contributed by atoms with Crippen molar-refractivity contribution in [2.45, 2.75) is 46.0 Å². The molecule has 2 bridgehead atoms. The molecule has 0 fully saturated rings. The van der Waals surface area contributed by atoms with Crippen LogP contribution in [-0.4, -0.2) is 25.9 Å². The van der Waals surface area contributed by atoms with Gasteiger partial charge in [0.1, 0.15) is 17.5 Å². The number of benzene rings is 1. The van der Waals surface area contributed by atoms with Crippen LogP contribution >= 0.6 is 11.3 Å². The molecule has 0 amide bonds. The molecule has 0 radical (unpaired) electrons. The molecule has 2 aromatic heterocycles. The Labute approximate surface area is 177 Å². The van der Waals surface area contributed by atoms with Gasteiger partial charge in [-0.2, -0.15) is 5.10 Å². The number of aryl methyl sites for hydroxylation is 2. The molecule has 2 aliphatic heterocycles. The number of hydrogen-bond acceptors (Lipinski definition) is 6. The third-order valence-corrected chi connectivity index (χ3v) is 6.90. The van der Waals surface area contributed by atoms with Gasteiger partial charge in [0, 0.05) is 23.9 Å². The summed E-state index contributed by atoms with van der Waals surface area (Å²) in [6.07, 6.45) is 3.80. The van der Waals surface area contributed by atoms with Crippen LogP contribution in [0.3, 0.4) is 0 Å². The smallest absolute Gasteiger partial charge is 0.270 e. The molecular formula is C22H22N4O3S. The van der Waals surface area contributed by atoms with Gasteiger partial charge in [-0.1, -0.05) is 29.5 Å². The van der Waals surface area contributed by atoms with Gasteiger partial charge in [-0.15, -0.1) is 0 Å². The Kier molecular flexibility index (Phi) is 4.12. The molecule has 0 saturated carbocycles. The highest BCUT2D eigenvalue weighted by Gasteiger charge is 2.53. The Bertz CT molecular complexity index is 1370. The van der Waals surface area contributed by atoms with Crippen LogP contribution in [0, 0.1) is 12.8 Å². The molecule has 1 aromatic carbocycles. The number of ketones is 1. The van der Waals surface area contributed by atoms with Crippen LogP contribution < -0.4 is 19.6 Å². The molecule has 0 unspecified atom stereocenters. The van der Waals surface area contributed by atoms with Gasteiger partial charge in [0.15, 0.2) is 4.80 Å². The average Bonchev–Trinajstić information content (AvgIpc) is 3.19. The molecule has 0 saturated heterocycles. The van der Waals surface area contributed by atoms with E-state index in [-0.39, 0.29) is 11.3 Å². The number of aromatic nitrogens is 3. The maximum absolute atomic E-state index is 13.5. The number of para-hydroxylation sites is 1. The number of carbonyl (C=O) groups excluding carboxylic acids is 1. The van der Waals surface area contributed by atoms with Gasteiger partial charge >= 0.3 is 0 Å². The van der Waals surface area contributed by atoms with Crippen LogP contribution in [0.15, 0.2) is 40.2 Å². The van der Waals surface area contributed by atoms with Crippen molar-refractivity contribution < 1.29 is 9.53 Å².